The maximum absolute atomic E-state index is 5.92. The van der Waals surface area contributed by atoms with Crippen LogP contribution in [0.15, 0.2) is 77.3 Å². The van der Waals surface area contributed by atoms with Gasteiger partial charge in [0.1, 0.15) is 12.4 Å². The predicted octanol–water partition coefficient (Wildman–Crippen LogP) is 5.95. The lowest BCUT2D eigenvalue weighted by Crippen LogP contribution is -2.00. The van der Waals surface area contributed by atoms with E-state index in [1.165, 1.54) is 16.7 Å². The fraction of sp³-hybridized carbons (Fsp3) is 0.143. The van der Waals surface area contributed by atoms with Crippen LogP contribution >= 0.6 is 15.9 Å². The smallest absolute Gasteiger partial charge is 0.120 e. The lowest BCUT2D eigenvalue weighted by atomic mass is 10.1. The molecule has 0 aliphatic carbocycles. The Bertz CT molecular complexity index is 799. The third kappa shape index (κ3) is 4.87. The van der Waals surface area contributed by atoms with Crippen molar-refractivity contribution in [3.63, 3.8) is 0 Å². The Morgan fingerprint density at radius 1 is 0.875 bits per heavy atom. The largest absolute Gasteiger partial charge is 0.489 e. The number of anilines is 1. The molecule has 0 aliphatic heterocycles. The van der Waals surface area contributed by atoms with Crippen LogP contribution in [0.3, 0.4) is 0 Å². The van der Waals surface area contributed by atoms with Crippen LogP contribution in [0.2, 0.25) is 0 Å². The zero-order chi connectivity index (χ0) is 16.8. The summed E-state index contributed by atoms with van der Waals surface area (Å²) < 4.78 is 7.00. The van der Waals surface area contributed by atoms with E-state index in [2.05, 4.69) is 76.7 Å². The molecule has 0 aromatic heterocycles. The highest BCUT2D eigenvalue weighted by molar-refractivity contribution is 9.10. The average Bonchev–Trinajstić information content (AvgIpc) is 2.60. The van der Waals surface area contributed by atoms with Crippen LogP contribution in [0, 0.1) is 6.92 Å². The minimum atomic E-state index is 0.589. The van der Waals surface area contributed by atoms with Crippen LogP contribution < -0.4 is 10.1 Å². The monoisotopic (exact) mass is 381 g/mol. The second kappa shape index (κ2) is 8.02. The van der Waals surface area contributed by atoms with E-state index in [0.717, 1.165) is 22.5 Å². The molecule has 24 heavy (non-hydrogen) atoms. The van der Waals surface area contributed by atoms with Crippen LogP contribution in [0.25, 0.3) is 0 Å². The maximum Gasteiger partial charge on any atom is 0.120 e. The molecular weight excluding hydrogens is 362 g/mol. The SMILES string of the molecule is Cc1cccc(COc2cccc(CNc3ccc(Br)cc3)c2)c1. The van der Waals surface area contributed by atoms with Gasteiger partial charge in [-0.15, -0.1) is 0 Å². The molecule has 0 saturated heterocycles. The molecule has 0 fully saturated rings. The molecule has 0 radical (unpaired) electrons. The Kier molecular flexibility index (Phi) is 5.55. The topological polar surface area (TPSA) is 21.3 Å². The Balaban J connectivity index is 1.58. The van der Waals surface area contributed by atoms with Crippen molar-refractivity contribution in [3.8, 4) is 5.75 Å². The zero-order valence-electron chi connectivity index (χ0n) is 13.6. The van der Waals surface area contributed by atoms with Crippen molar-refractivity contribution >= 4 is 21.6 Å². The third-order valence-electron chi connectivity index (χ3n) is 3.73. The van der Waals surface area contributed by atoms with Gasteiger partial charge in [-0.05, 0) is 54.4 Å². The van der Waals surface area contributed by atoms with Gasteiger partial charge >= 0.3 is 0 Å². The number of benzene rings is 3. The van der Waals surface area contributed by atoms with Gasteiger partial charge in [-0.3, -0.25) is 0 Å². The molecule has 0 atom stereocenters. The van der Waals surface area contributed by atoms with Gasteiger partial charge in [0.25, 0.3) is 0 Å². The van der Waals surface area contributed by atoms with E-state index in [1.54, 1.807) is 0 Å². The number of hydrogen-bond acceptors (Lipinski definition) is 2. The van der Waals surface area contributed by atoms with Crippen molar-refractivity contribution in [2.45, 2.75) is 20.1 Å². The second-order valence-corrected chi connectivity index (χ2v) is 6.70. The highest BCUT2D eigenvalue weighted by Crippen LogP contribution is 2.18. The van der Waals surface area contributed by atoms with Crippen LogP contribution in [0.1, 0.15) is 16.7 Å². The Morgan fingerprint density at radius 2 is 1.62 bits per heavy atom. The molecule has 0 bridgehead atoms. The first-order chi connectivity index (χ1) is 11.7. The molecular formula is C21H20BrNO. The summed E-state index contributed by atoms with van der Waals surface area (Å²) >= 11 is 3.45. The van der Waals surface area contributed by atoms with Crippen molar-refractivity contribution < 1.29 is 4.74 Å². The summed E-state index contributed by atoms with van der Waals surface area (Å²) in [6, 6.07) is 24.8. The number of ether oxygens (including phenoxy) is 1. The first-order valence-electron chi connectivity index (χ1n) is 7.96. The van der Waals surface area contributed by atoms with Crippen LogP contribution in [0.5, 0.6) is 5.75 Å². The molecule has 0 unspecified atom stereocenters. The van der Waals surface area contributed by atoms with Crippen LogP contribution in [-0.4, -0.2) is 0 Å². The van der Waals surface area contributed by atoms with E-state index in [9.17, 15) is 0 Å². The van der Waals surface area contributed by atoms with E-state index < -0.39 is 0 Å². The molecule has 122 valence electrons. The van der Waals surface area contributed by atoms with Crippen molar-refractivity contribution in [2.24, 2.45) is 0 Å². The molecule has 0 saturated carbocycles. The van der Waals surface area contributed by atoms with E-state index in [0.29, 0.717) is 6.61 Å². The van der Waals surface area contributed by atoms with Gasteiger partial charge in [0.2, 0.25) is 0 Å². The first-order valence-corrected chi connectivity index (χ1v) is 8.75. The molecule has 0 amide bonds. The van der Waals surface area contributed by atoms with Gasteiger partial charge in [-0.25, -0.2) is 0 Å². The maximum atomic E-state index is 5.92. The van der Waals surface area contributed by atoms with Gasteiger partial charge in [-0.2, -0.15) is 0 Å². The minimum absolute atomic E-state index is 0.589. The van der Waals surface area contributed by atoms with Gasteiger partial charge in [0.05, 0.1) is 0 Å². The number of rotatable bonds is 6. The highest BCUT2D eigenvalue weighted by Gasteiger charge is 2.00. The Labute approximate surface area is 151 Å². The minimum Gasteiger partial charge on any atom is -0.489 e. The van der Waals surface area contributed by atoms with Crippen LogP contribution in [0.4, 0.5) is 5.69 Å². The van der Waals surface area contributed by atoms with Crippen molar-refractivity contribution in [3.05, 3.63) is 94.0 Å². The van der Waals surface area contributed by atoms with E-state index in [-0.39, 0.29) is 0 Å². The van der Waals surface area contributed by atoms with Gasteiger partial charge in [0.15, 0.2) is 0 Å². The van der Waals surface area contributed by atoms with Gasteiger partial charge < -0.3 is 10.1 Å². The number of aryl methyl sites for hydroxylation is 1. The lowest BCUT2D eigenvalue weighted by molar-refractivity contribution is 0.306. The molecule has 3 aromatic carbocycles. The number of nitrogens with one attached hydrogen (secondary N) is 1. The quantitative estimate of drug-likeness (QED) is 0.569. The van der Waals surface area contributed by atoms with Gasteiger partial charge in [-0.1, -0.05) is 57.9 Å². The van der Waals surface area contributed by atoms with Crippen molar-refractivity contribution in [1.29, 1.82) is 0 Å². The fourth-order valence-electron chi connectivity index (χ4n) is 2.49. The summed E-state index contributed by atoms with van der Waals surface area (Å²) in [6.45, 7) is 3.45. The summed E-state index contributed by atoms with van der Waals surface area (Å²) in [4.78, 5) is 0. The average molecular weight is 382 g/mol. The number of halogens is 1. The Morgan fingerprint density at radius 3 is 2.42 bits per heavy atom. The van der Waals surface area contributed by atoms with E-state index in [1.807, 2.05) is 24.3 Å². The highest BCUT2D eigenvalue weighted by atomic mass is 79.9. The molecule has 3 aromatic rings. The lowest BCUT2D eigenvalue weighted by Gasteiger charge is -2.10. The molecule has 2 nitrogen and oxygen atoms in total. The summed E-state index contributed by atoms with van der Waals surface area (Å²) in [5, 5.41) is 3.42. The molecule has 1 N–H and O–H groups in total. The number of hydrogen-bond donors (Lipinski definition) is 1. The Hall–Kier alpha value is -2.26. The summed E-state index contributed by atoms with van der Waals surface area (Å²) in [5.74, 6) is 0.895. The zero-order valence-corrected chi connectivity index (χ0v) is 15.2. The normalized spacial score (nSPS) is 10.4. The summed E-state index contributed by atoms with van der Waals surface area (Å²) in [5.41, 5.74) is 4.74. The van der Waals surface area contributed by atoms with E-state index >= 15 is 0 Å². The fourth-order valence-corrected chi connectivity index (χ4v) is 2.75. The molecule has 3 heteroatoms. The van der Waals surface area contributed by atoms with Crippen molar-refractivity contribution in [1.82, 2.24) is 0 Å². The molecule has 0 heterocycles. The van der Waals surface area contributed by atoms with Crippen molar-refractivity contribution in [2.75, 3.05) is 5.32 Å². The standard InChI is InChI=1S/C21H20BrNO/c1-16-4-2-6-18(12-16)15-24-21-7-3-5-17(13-21)14-23-20-10-8-19(22)9-11-20/h2-13,23H,14-15H2,1H3. The van der Waals surface area contributed by atoms with Crippen LogP contribution in [-0.2, 0) is 13.2 Å². The van der Waals surface area contributed by atoms with Gasteiger partial charge in [0, 0.05) is 16.7 Å². The third-order valence-corrected chi connectivity index (χ3v) is 4.26. The summed E-state index contributed by atoms with van der Waals surface area (Å²) in [7, 11) is 0. The molecule has 0 aliphatic rings. The summed E-state index contributed by atoms with van der Waals surface area (Å²) in [6.07, 6.45) is 0. The second-order valence-electron chi connectivity index (χ2n) is 5.79. The predicted molar refractivity (Wildman–Crippen MR) is 103 cm³/mol. The van der Waals surface area contributed by atoms with E-state index in [4.69, 9.17) is 4.74 Å². The molecule has 0 spiro atoms. The first kappa shape index (κ1) is 16.6. The molecule has 3 rings (SSSR count).